The third-order valence-electron chi connectivity index (χ3n) is 2.57. The van der Waals surface area contributed by atoms with Crippen molar-refractivity contribution in [3.05, 3.63) is 33.9 Å². The topological polar surface area (TPSA) is 83.7 Å². The first-order chi connectivity index (χ1) is 9.12. The summed E-state index contributed by atoms with van der Waals surface area (Å²) in [6, 6.07) is 2.34. The molecule has 0 saturated carbocycles. The number of anilines is 1. The molecule has 0 aliphatic carbocycles. The molecule has 0 radical (unpaired) electrons. The minimum absolute atomic E-state index is 0.143. The Hall–Kier alpha value is -2.32. The van der Waals surface area contributed by atoms with Crippen molar-refractivity contribution in [2.45, 2.75) is 12.6 Å². The second kappa shape index (κ2) is 5.76. The highest BCUT2D eigenvalue weighted by Gasteiger charge is 2.36. The molecule has 0 heterocycles. The number of rotatable bonds is 5. The number of nitrogens with zero attached hydrogens (tertiary/aromatic N) is 2. The lowest BCUT2D eigenvalue weighted by Crippen LogP contribution is -2.24. The predicted octanol–water partition coefficient (Wildman–Crippen LogP) is 2.52. The van der Waals surface area contributed by atoms with Crippen molar-refractivity contribution in [3.63, 3.8) is 0 Å². The van der Waals surface area contributed by atoms with Gasteiger partial charge in [-0.15, -0.1) is 0 Å². The van der Waals surface area contributed by atoms with E-state index in [-0.39, 0.29) is 18.7 Å². The van der Waals surface area contributed by atoms with Crippen LogP contribution >= 0.6 is 0 Å². The zero-order chi connectivity index (χ0) is 15.5. The minimum Gasteiger partial charge on any atom is -0.481 e. The van der Waals surface area contributed by atoms with Gasteiger partial charge in [-0.1, -0.05) is 0 Å². The zero-order valence-corrected chi connectivity index (χ0v) is 10.3. The Balaban J connectivity index is 3.18. The molecule has 6 nitrogen and oxygen atoms in total. The Morgan fingerprint density at radius 1 is 1.45 bits per heavy atom. The molecule has 0 fully saturated rings. The predicted molar refractivity (Wildman–Crippen MR) is 63.6 cm³/mol. The van der Waals surface area contributed by atoms with Crippen molar-refractivity contribution in [1.29, 1.82) is 0 Å². The molecule has 0 aliphatic heterocycles. The largest absolute Gasteiger partial charge is 0.481 e. The second-order valence-electron chi connectivity index (χ2n) is 4.02. The fourth-order valence-electron chi connectivity index (χ4n) is 1.58. The third-order valence-corrected chi connectivity index (χ3v) is 2.57. The molecular formula is C11H11F3N2O4. The van der Waals surface area contributed by atoms with Crippen molar-refractivity contribution in [3.8, 4) is 0 Å². The van der Waals surface area contributed by atoms with E-state index in [9.17, 15) is 28.1 Å². The fraction of sp³-hybridized carbons (Fsp3) is 0.364. The summed E-state index contributed by atoms with van der Waals surface area (Å²) in [4.78, 5) is 21.1. The van der Waals surface area contributed by atoms with Crippen molar-refractivity contribution < 1.29 is 28.0 Å². The van der Waals surface area contributed by atoms with Crippen molar-refractivity contribution in [2.75, 3.05) is 18.5 Å². The van der Waals surface area contributed by atoms with Crippen LogP contribution in [0.2, 0.25) is 0 Å². The quantitative estimate of drug-likeness (QED) is 0.666. The summed E-state index contributed by atoms with van der Waals surface area (Å²) in [6.45, 7) is -0.143. The first-order valence-electron chi connectivity index (χ1n) is 5.41. The van der Waals surface area contributed by atoms with Crippen LogP contribution in [0.25, 0.3) is 0 Å². The summed E-state index contributed by atoms with van der Waals surface area (Å²) in [5.41, 5.74) is -2.14. The van der Waals surface area contributed by atoms with E-state index >= 15 is 0 Å². The van der Waals surface area contributed by atoms with Crippen molar-refractivity contribution in [2.24, 2.45) is 0 Å². The van der Waals surface area contributed by atoms with Crippen LogP contribution in [0, 0.1) is 10.1 Å². The van der Waals surface area contributed by atoms with E-state index in [4.69, 9.17) is 5.11 Å². The maximum atomic E-state index is 12.9. The second-order valence-corrected chi connectivity index (χ2v) is 4.02. The third kappa shape index (κ3) is 3.84. The van der Waals surface area contributed by atoms with E-state index in [0.717, 1.165) is 17.0 Å². The Kier molecular flexibility index (Phi) is 4.53. The standard InChI is InChI=1S/C11H11F3N2O4/c1-15(5-4-10(17)18)9-3-2-7(16(19)20)6-8(9)11(12,13)14/h2-3,6H,4-5H2,1H3,(H,17,18). The summed E-state index contributed by atoms with van der Waals surface area (Å²) in [6.07, 6.45) is -5.11. The summed E-state index contributed by atoms with van der Waals surface area (Å²) >= 11 is 0. The lowest BCUT2D eigenvalue weighted by molar-refractivity contribution is -0.385. The van der Waals surface area contributed by atoms with Gasteiger partial charge in [0.25, 0.3) is 5.69 Å². The summed E-state index contributed by atoms with van der Waals surface area (Å²) in [5, 5.41) is 19.0. The fourth-order valence-corrected chi connectivity index (χ4v) is 1.58. The van der Waals surface area contributed by atoms with Gasteiger partial charge < -0.3 is 10.0 Å². The molecule has 9 heteroatoms. The van der Waals surface area contributed by atoms with Gasteiger partial charge in [0, 0.05) is 31.4 Å². The molecule has 1 N–H and O–H groups in total. The molecule has 0 spiro atoms. The molecule has 0 aromatic heterocycles. The Labute approximate surface area is 111 Å². The van der Waals surface area contributed by atoms with Gasteiger partial charge in [-0.25, -0.2) is 0 Å². The van der Waals surface area contributed by atoms with Gasteiger partial charge in [0.15, 0.2) is 0 Å². The molecule has 0 saturated heterocycles. The number of carboxylic acids is 1. The van der Waals surface area contributed by atoms with Crippen LogP contribution < -0.4 is 4.90 Å². The smallest absolute Gasteiger partial charge is 0.418 e. The van der Waals surface area contributed by atoms with Crippen LogP contribution in [0.15, 0.2) is 18.2 Å². The normalized spacial score (nSPS) is 11.2. The molecule has 0 unspecified atom stereocenters. The number of nitro benzene ring substituents is 1. The molecule has 0 aliphatic rings. The molecule has 1 aromatic carbocycles. The number of benzene rings is 1. The monoisotopic (exact) mass is 292 g/mol. The van der Waals surface area contributed by atoms with E-state index in [1.165, 1.54) is 7.05 Å². The van der Waals surface area contributed by atoms with Crippen molar-refractivity contribution >= 4 is 17.3 Å². The average molecular weight is 292 g/mol. The van der Waals surface area contributed by atoms with Crippen molar-refractivity contribution in [1.82, 2.24) is 0 Å². The van der Waals surface area contributed by atoms with E-state index in [1.807, 2.05) is 0 Å². The number of nitro groups is 1. The lowest BCUT2D eigenvalue weighted by Gasteiger charge is -2.22. The Bertz CT molecular complexity index is 531. The van der Waals surface area contributed by atoms with E-state index in [1.54, 1.807) is 0 Å². The Morgan fingerprint density at radius 3 is 2.50 bits per heavy atom. The number of alkyl halides is 3. The SMILES string of the molecule is CN(CCC(=O)O)c1ccc([N+](=O)[O-])cc1C(F)(F)F. The lowest BCUT2D eigenvalue weighted by atomic mass is 10.1. The highest BCUT2D eigenvalue weighted by atomic mass is 19.4. The highest BCUT2D eigenvalue weighted by molar-refractivity contribution is 5.68. The summed E-state index contributed by atoms with van der Waals surface area (Å²) in [7, 11) is 1.29. The molecule has 0 atom stereocenters. The van der Waals surface area contributed by atoms with Crippen LogP contribution in [0.5, 0.6) is 0 Å². The van der Waals surface area contributed by atoms with Gasteiger partial charge in [0.1, 0.15) is 0 Å². The van der Waals surface area contributed by atoms with Crippen LogP contribution in [0.1, 0.15) is 12.0 Å². The van der Waals surface area contributed by atoms with Gasteiger partial charge in [-0.05, 0) is 6.07 Å². The van der Waals surface area contributed by atoms with E-state index in [2.05, 4.69) is 0 Å². The number of halogens is 3. The number of non-ortho nitro benzene ring substituents is 1. The van der Waals surface area contributed by atoms with Crippen LogP contribution in [0.3, 0.4) is 0 Å². The van der Waals surface area contributed by atoms with E-state index < -0.39 is 28.3 Å². The van der Waals surface area contributed by atoms with Gasteiger partial charge in [0.05, 0.1) is 16.9 Å². The molecule has 0 bridgehead atoms. The van der Waals surface area contributed by atoms with E-state index in [0.29, 0.717) is 6.07 Å². The van der Waals surface area contributed by atoms with Gasteiger partial charge >= 0.3 is 12.1 Å². The average Bonchev–Trinajstić information content (AvgIpc) is 2.34. The highest BCUT2D eigenvalue weighted by Crippen LogP contribution is 2.38. The van der Waals surface area contributed by atoms with Crippen LogP contribution in [-0.2, 0) is 11.0 Å². The molecule has 1 aromatic rings. The molecule has 20 heavy (non-hydrogen) atoms. The first kappa shape index (κ1) is 15.7. The summed E-state index contributed by atoms with van der Waals surface area (Å²) in [5.74, 6) is -1.15. The minimum atomic E-state index is -4.77. The molecule has 110 valence electrons. The number of aliphatic carboxylic acids is 1. The number of carbonyl (C=O) groups is 1. The maximum absolute atomic E-state index is 12.9. The molecule has 1 rings (SSSR count). The summed E-state index contributed by atoms with van der Waals surface area (Å²) < 4.78 is 38.7. The van der Waals surface area contributed by atoms with Gasteiger partial charge in [-0.2, -0.15) is 13.2 Å². The number of hydrogen-bond donors (Lipinski definition) is 1. The molecular weight excluding hydrogens is 281 g/mol. The molecule has 0 amide bonds. The number of hydrogen-bond acceptors (Lipinski definition) is 4. The maximum Gasteiger partial charge on any atom is 0.418 e. The first-order valence-corrected chi connectivity index (χ1v) is 5.41. The van der Waals surface area contributed by atoms with Gasteiger partial charge in [-0.3, -0.25) is 14.9 Å². The Morgan fingerprint density at radius 2 is 2.05 bits per heavy atom. The van der Waals surface area contributed by atoms with Crippen LogP contribution in [0.4, 0.5) is 24.5 Å². The zero-order valence-electron chi connectivity index (χ0n) is 10.3. The number of carboxylic acid groups (broad SMARTS) is 1. The van der Waals surface area contributed by atoms with Crippen LogP contribution in [-0.4, -0.2) is 29.6 Å². The van der Waals surface area contributed by atoms with Gasteiger partial charge in [0.2, 0.25) is 0 Å².